The number of esters is 1. The summed E-state index contributed by atoms with van der Waals surface area (Å²) in [5, 5.41) is 10.6. The monoisotopic (exact) mass is 405 g/mol. The molecule has 0 saturated heterocycles. The SMILES string of the molecule is CCOC(=O)c1n[nH]nc1-c1cccc(OC)c1OCc1ccc(F)cc1Cl. The maximum absolute atomic E-state index is 13.3. The Kier molecular flexibility index (Phi) is 6.10. The lowest BCUT2D eigenvalue weighted by atomic mass is 10.1. The van der Waals surface area contributed by atoms with Crippen molar-refractivity contribution in [3.8, 4) is 22.8 Å². The highest BCUT2D eigenvalue weighted by atomic mass is 35.5. The number of rotatable bonds is 7. The molecule has 0 amide bonds. The van der Waals surface area contributed by atoms with Crippen LogP contribution in [0.3, 0.4) is 0 Å². The number of benzene rings is 2. The first kappa shape index (κ1) is 19.6. The van der Waals surface area contributed by atoms with Gasteiger partial charge < -0.3 is 14.2 Å². The van der Waals surface area contributed by atoms with E-state index < -0.39 is 11.8 Å². The second-order valence-corrected chi connectivity index (χ2v) is 6.01. The number of carbonyl (C=O) groups is 1. The van der Waals surface area contributed by atoms with Gasteiger partial charge in [-0.05, 0) is 31.2 Å². The minimum atomic E-state index is -0.610. The van der Waals surface area contributed by atoms with Crippen LogP contribution in [-0.4, -0.2) is 35.1 Å². The highest BCUT2D eigenvalue weighted by Crippen LogP contribution is 2.39. The lowest BCUT2D eigenvalue weighted by molar-refractivity contribution is 0.0520. The Balaban J connectivity index is 1.98. The van der Waals surface area contributed by atoms with Crippen molar-refractivity contribution in [2.45, 2.75) is 13.5 Å². The number of hydrogen-bond donors (Lipinski definition) is 1. The molecule has 0 radical (unpaired) electrons. The standard InChI is InChI=1S/C19H17ClFN3O4/c1-3-27-19(25)17-16(22-24-23-17)13-5-4-6-15(26-2)18(13)28-10-11-7-8-12(21)9-14(11)20/h4-9H,3,10H2,1-2H3,(H,22,23,24). The fourth-order valence-corrected chi connectivity index (χ4v) is 2.78. The van der Waals surface area contributed by atoms with Crippen LogP contribution in [0.15, 0.2) is 36.4 Å². The third-order valence-electron chi connectivity index (χ3n) is 3.86. The molecule has 0 unspecified atom stereocenters. The van der Waals surface area contributed by atoms with Crippen molar-refractivity contribution in [2.24, 2.45) is 0 Å². The third kappa shape index (κ3) is 4.07. The zero-order chi connectivity index (χ0) is 20.1. The molecular formula is C19H17ClFN3O4. The molecule has 0 fully saturated rings. The number of ether oxygens (including phenoxy) is 3. The summed E-state index contributed by atoms with van der Waals surface area (Å²) in [6.07, 6.45) is 0. The van der Waals surface area contributed by atoms with E-state index in [4.69, 9.17) is 25.8 Å². The number of methoxy groups -OCH3 is 1. The van der Waals surface area contributed by atoms with Gasteiger partial charge in [-0.1, -0.05) is 23.7 Å². The fraction of sp³-hybridized carbons (Fsp3) is 0.211. The Hall–Kier alpha value is -3.13. The molecule has 2 aromatic carbocycles. The molecule has 0 aliphatic heterocycles. The van der Waals surface area contributed by atoms with Crippen molar-refractivity contribution >= 4 is 17.6 Å². The molecule has 0 bridgehead atoms. The van der Waals surface area contributed by atoms with Gasteiger partial charge in [0.25, 0.3) is 0 Å². The van der Waals surface area contributed by atoms with Crippen LogP contribution in [0.2, 0.25) is 5.02 Å². The minimum Gasteiger partial charge on any atom is -0.493 e. The van der Waals surface area contributed by atoms with Crippen molar-refractivity contribution in [3.63, 3.8) is 0 Å². The predicted molar refractivity (Wildman–Crippen MR) is 100 cm³/mol. The van der Waals surface area contributed by atoms with Crippen LogP contribution in [0.1, 0.15) is 23.0 Å². The fourth-order valence-electron chi connectivity index (χ4n) is 2.56. The van der Waals surface area contributed by atoms with Crippen LogP contribution >= 0.6 is 11.6 Å². The minimum absolute atomic E-state index is 0.0276. The van der Waals surface area contributed by atoms with Crippen LogP contribution in [0.25, 0.3) is 11.3 Å². The maximum atomic E-state index is 13.3. The van der Waals surface area contributed by atoms with Gasteiger partial charge in [0.1, 0.15) is 18.1 Å². The first-order chi connectivity index (χ1) is 13.5. The summed E-state index contributed by atoms with van der Waals surface area (Å²) in [6, 6.07) is 9.19. The molecule has 0 atom stereocenters. The van der Waals surface area contributed by atoms with Gasteiger partial charge in [0, 0.05) is 5.56 Å². The molecule has 1 heterocycles. The molecule has 0 aliphatic rings. The average molecular weight is 406 g/mol. The zero-order valence-corrected chi connectivity index (χ0v) is 15.9. The summed E-state index contributed by atoms with van der Waals surface area (Å²) in [4.78, 5) is 12.2. The average Bonchev–Trinajstić information content (AvgIpc) is 3.17. The summed E-state index contributed by atoms with van der Waals surface area (Å²) in [6.45, 7) is 1.96. The van der Waals surface area contributed by atoms with Crippen molar-refractivity contribution in [1.82, 2.24) is 15.4 Å². The first-order valence-corrected chi connectivity index (χ1v) is 8.75. The van der Waals surface area contributed by atoms with E-state index in [1.807, 2.05) is 0 Å². The molecule has 3 aromatic rings. The van der Waals surface area contributed by atoms with Crippen LogP contribution < -0.4 is 9.47 Å². The van der Waals surface area contributed by atoms with Crippen LogP contribution in [0, 0.1) is 5.82 Å². The molecule has 0 aliphatic carbocycles. The normalized spacial score (nSPS) is 10.6. The number of nitrogens with one attached hydrogen (secondary N) is 1. The third-order valence-corrected chi connectivity index (χ3v) is 4.21. The Labute approximate surface area is 165 Å². The Morgan fingerprint density at radius 3 is 2.79 bits per heavy atom. The Morgan fingerprint density at radius 1 is 1.25 bits per heavy atom. The van der Waals surface area contributed by atoms with Crippen molar-refractivity contribution < 1.29 is 23.4 Å². The smallest absolute Gasteiger partial charge is 0.361 e. The number of para-hydroxylation sites is 1. The zero-order valence-electron chi connectivity index (χ0n) is 15.2. The lowest BCUT2D eigenvalue weighted by Gasteiger charge is -2.15. The molecule has 0 saturated carbocycles. The molecule has 3 rings (SSSR count). The summed E-state index contributed by atoms with van der Waals surface area (Å²) in [5.74, 6) is -0.284. The van der Waals surface area contributed by atoms with E-state index in [1.54, 1.807) is 25.1 Å². The number of hydrogen-bond acceptors (Lipinski definition) is 6. The van der Waals surface area contributed by atoms with Crippen molar-refractivity contribution in [2.75, 3.05) is 13.7 Å². The van der Waals surface area contributed by atoms with Gasteiger partial charge in [0.05, 0.1) is 24.3 Å². The number of aromatic nitrogens is 3. The number of nitrogens with zero attached hydrogens (tertiary/aromatic N) is 2. The van der Waals surface area contributed by atoms with E-state index in [1.165, 1.54) is 25.3 Å². The largest absolute Gasteiger partial charge is 0.493 e. The highest BCUT2D eigenvalue weighted by molar-refractivity contribution is 6.31. The van der Waals surface area contributed by atoms with Crippen molar-refractivity contribution in [3.05, 3.63) is 58.5 Å². The van der Waals surface area contributed by atoms with Crippen molar-refractivity contribution in [1.29, 1.82) is 0 Å². The van der Waals surface area contributed by atoms with Gasteiger partial charge in [-0.2, -0.15) is 10.3 Å². The maximum Gasteiger partial charge on any atom is 0.361 e. The topological polar surface area (TPSA) is 86.3 Å². The van der Waals surface area contributed by atoms with Crippen LogP contribution in [0.4, 0.5) is 4.39 Å². The number of aromatic amines is 1. The number of halogens is 2. The Bertz CT molecular complexity index is 993. The molecule has 7 nitrogen and oxygen atoms in total. The van der Waals surface area contributed by atoms with Gasteiger partial charge in [0.15, 0.2) is 17.2 Å². The molecule has 146 valence electrons. The second kappa shape index (κ2) is 8.71. The number of H-pyrrole nitrogens is 1. The molecular weight excluding hydrogens is 389 g/mol. The van der Waals surface area contributed by atoms with E-state index in [-0.39, 0.29) is 29.6 Å². The van der Waals surface area contributed by atoms with E-state index in [0.717, 1.165) is 0 Å². The van der Waals surface area contributed by atoms with Gasteiger partial charge in [-0.25, -0.2) is 9.18 Å². The van der Waals surface area contributed by atoms with Gasteiger partial charge >= 0.3 is 5.97 Å². The second-order valence-electron chi connectivity index (χ2n) is 5.60. The van der Waals surface area contributed by atoms with Gasteiger partial charge in [0.2, 0.25) is 0 Å². The van der Waals surface area contributed by atoms with Crippen LogP contribution in [-0.2, 0) is 11.3 Å². The van der Waals surface area contributed by atoms with Gasteiger partial charge in [-0.3, -0.25) is 0 Å². The quantitative estimate of drug-likeness (QED) is 0.597. The summed E-state index contributed by atoms with van der Waals surface area (Å²) in [7, 11) is 1.49. The molecule has 0 spiro atoms. The van der Waals surface area contributed by atoms with E-state index in [2.05, 4.69) is 15.4 Å². The van der Waals surface area contributed by atoms with E-state index in [9.17, 15) is 9.18 Å². The summed E-state index contributed by atoms with van der Waals surface area (Å²) < 4.78 is 29.6. The predicted octanol–water partition coefficient (Wildman–Crippen LogP) is 4.03. The summed E-state index contributed by atoms with van der Waals surface area (Å²) in [5.41, 5.74) is 1.36. The molecule has 28 heavy (non-hydrogen) atoms. The molecule has 9 heteroatoms. The molecule has 1 aromatic heterocycles. The summed E-state index contributed by atoms with van der Waals surface area (Å²) >= 11 is 6.07. The van der Waals surface area contributed by atoms with Crippen LogP contribution in [0.5, 0.6) is 11.5 Å². The van der Waals surface area contributed by atoms with Gasteiger partial charge in [-0.15, -0.1) is 5.10 Å². The molecule has 1 N–H and O–H groups in total. The number of carbonyl (C=O) groups excluding carboxylic acids is 1. The van der Waals surface area contributed by atoms with E-state index in [0.29, 0.717) is 22.6 Å². The highest BCUT2D eigenvalue weighted by Gasteiger charge is 2.23. The first-order valence-electron chi connectivity index (χ1n) is 8.37. The lowest BCUT2D eigenvalue weighted by Crippen LogP contribution is -2.07. The van der Waals surface area contributed by atoms with E-state index >= 15 is 0 Å². The Morgan fingerprint density at radius 2 is 2.07 bits per heavy atom.